The van der Waals surface area contributed by atoms with Gasteiger partial charge >= 0.3 is 0 Å². The Kier molecular flexibility index (Phi) is 3.55. The van der Waals surface area contributed by atoms with Gasteiger partial charge in [0.25, 0.3) is 0 Å². The average Bonchev–Trinajstić information content (AvgIpc) is 2.23. The zero-order valence-electron chi connectivity index (χ0n) is 8.84. The summed E-state index contributed by atoms with van der Waals surface area (Å²) >= 11 is 0. The van der Waals surface area contributed by atoms with Crippen LogP contribution in [0, 0.1) is 0 Å². The van der Waals surface area contributed by atoms with Crippen LogP contribution in [0.1, 0.15) is 57.8 Å². The summed E-state index contributed by atoms with van der Waals surface area (Å²) in [5.41, 5.74) is 0.878. The van der Waals surface area contributed by atoms with Gasteiger partial charge in [0.1, 0.15) is 6.17 Å². The summed E-state index contributed by atoms with van der Waals surface area (Å²) in [6.45, 7) is 0. The molecule has 0 amide bonds. The molecular formula is C12H20FN. The van der Waals surface area contributed by atoms with E-state index in [1.807, 2.05) is 0 Å². The Hall–Kier alpha value is -0.400. The van der Waals surface area contributed by atoms with Crippen LogP contribution >= 0.6 is 0 Å². The maximum absolute atomic E-state index is 13.5. The van der Waals surface area contributed by atoms with Gasteiger partial charge in [-0.05, 0) is 38.5 Å². The van der Waals surface area contributed by atoms with Gasteiger partial charge < -0.3 is 0 Å². The molecule has 14 heavy (non-hydrogen) atoms. The van der Waals surface area contributed by atoms with Crippen molar-refractivity contribution in [3.63, 3.8) is 0 Å². The lowest BCUT2D eigenvalue weighted by Crippen LogP contribution is -2.23. The predicted octanol–water partition coefficient (Wildman–Crippen LogP) is 3.67. The molecular weight excluding hydrogens is 177 g/mol. The number of hydrogen-bond acceptors (Lipinski definition) is 1. The van der Waals surface area contributed by atoms with E-state index >= 15 is 0 Å². The number of nitrogens with zero attached hydrogens (tertiary/aromatic N) is 1. The molecule has 0 spiro atoms. The molecule has 0 saturated heterocycles. The minimum atomic E-state index is -0.717. The Morgan fingerprint density at radius 2 is 1.64 bits per heavy atom. The SMILES string of the molecule is FC1CCCCC1=NC1CCCCC1. The number of halogens is 1. The van der Waals surface area contributed by atoms with Crippen LogP contribution < -0.4 is 0 Å². The van der Waals surface area contributed by atoms with E-state index in [4.69, 9.17) is 0 Å². The summed E-state index contributed by atoms with van der Waals surface area (Å²) < 4.78 is 13.5. The first-order chi connectivity index (χ1) is 6.86. The summed E-state index contributed by atoms with van der Waals surface area (Å²) in [6.07, 6.45) is 9.41. The van der Waals surface area contributed by atoms with Crippen molar-refractivity contribution in [3.05, 3.63) is 0 Å². The predicted molar refractivity (Wildman–Crippen MR) is 57.7 cm³/mol. The van der Waals surface area contributed by atoms with Crippen LogP contribution in [0.2, 0.25) is 0 Å². The molecule has 2 rings (SSSR count). The van der Waals surface area contributed by atoms with Crippen LogP contribution in [0.3, 0.4) is 0 Å². The lowest BCUT2D eigenvalue weighted by molar-refractivity contribution is 0.361. The number of aliphatic imine (C=N–C) groups is 1. The smallest absolute Gasteiger partial charge is 0.138 e. The van der Waals surface area contributed by atoms with Crippen molar-refractivity contribution in [2.45, 2.75) is 70.0 Å². The summed E-state index contributed by atoms with van der Waals surface area (Å²) in [5, 5.41) is 0. The van der Waals surface area contributed by atoms with E-state index < -0.39 is 6.17 Å². The third-order valence-corrected chi connectivity index (χ3v) is 3.43. The first-order valence-corrected chi connectivity index (χ1v) is 6.07. The highest BCUT2D eigenvalue weighted by atomic mass is 19.1. The van der Waals surface area contributed by atoms with Crippen molar-refractivity contribution in [3.8, 4) is 0 Å². The Morgan fingerprint density at radius 3 is 2.36 bits per heavy atom. The number of rotatable bonds is 1. The molecule has 2 aliphatic carbocycles. The minimum absolute atomic E-state index is 0.454. The van der Waals surface area contributed by atoms with Crippen LogP contribution in [-0.4, -0.2) is 17.9 Å². The summed E-state index contributed by atoms with van der Waals surface area (Å²) in [5.74, 6) is 0. The molecule has 1 unspecified atom stereocenters. The molecule has 2 heteroatoms. The fourth-order valence-electron chi connectivity index (χ4n) is 2.54. The van der Waals surface area contributed by atoms with Crippen LogP contribution in [0.5, 0.6) is 0 Å². The van der Waals surface area contributed by atoms with Gasteiger partial charge in [0, 0.05) is 11.8 Å². The van der Waals surface area contributed by atoms with E-state index in [0.29, 0.717) is 12.5 Å². The fourth-order valence-corrected chi connectivity index (χ4v) is 2.54. The van der Waals surface area contributed by atoms with Crippen LogP contribution in [0.15, 0.2) is 4.99 Å². The van der Waals surface area contributed by atoms with Gasteiger partial charge in [-0.3, -0.25) is 4.99 Å². The first kappa shape index (κ1) is 10.1. The number of alkyl halides is 1. The van der Waals surface area contributed by atoms with Crippen molar-refractivity contribution >= 4 is 5.71 Å². The first-order valence-electron chi connectivity index (χ1n) is 6.07. The van der Waals surface area contributed by atoms with Gasteiger partial charge in [0.15, 0.2) is 0 Å². The van der Waals surface area contributed by atoms with Crippen LogP contribution in [0.4, 0.5) is 4.39 Å². The molecule has 1 nitrogen and oxygen atoms in total. The van der Waals surface area contributed by atoms with Gasteiger partial charge in [0.05, 0.1) is 0 Å². The second-order valence-corrected chi connectivity index (χ2v) is 4.63. The van der Waals surface area contributed by atoms with E-state index in [1.165, 1.54) is 32.1 Å². The monoisotopic (exact) mass is 197 g/mol. The van der Waals surface area contributed by atoms with E-state index in [1.54, 1.807) is 0 Å². The third kappa shape index (κ3) is 2.55. The molecule has 0 aromatic carbocycles. The van der Waals surface area contributed by atoms with Crippen molar-refractivity contribution in [1.82, 2.24) is 0 Å². The Labute approximate surface area is 85.8 Å². The molecule has 0 aliphatic heterocycles. The van der Waals surface area contributed by atoms with Crippen LogP contribution in [0.25, 0.3) is 0 Å². The largest absolute Gasteiger partial charge is 0.288 e. The Bertz CT molecular complexity index is 206. The van der Waals surface area contributed by atoms with Crippen molar-refractivity contribution in [1.29, 1.82) is 0 Å². The summed E-state index contributed by atoms with van der Waals surface area (Å²) in [4.78, 5) is 4.62. The normalized spacial score (nSPS) is 33.5. The van der Waals surface area contributed by atoms with Crippen molar-refractivity contribution in [2.75, 3.05) is 0 Å². The zero-order chi connectivity index (χ0) is 9.80. The maximum atomic E-state index is 13.5. The minimum Gasteiger partial charge on any atom is -0.288 e. The van der Waals surface area contributed by atoms with E-state index in [9.17, 15) is 4.39 Å². The second-order valence-electron chi connectivity index (χ2n) is 4.63. The fraction of sp³-hybridized carbons (Fsp3) is 0.917. The van der Waals surface area contributed by atoms with Gasteiger partial charge in [-0.15, -0.1) is 0 Å². The zero-order valence-corrected chi connectivity index (χ0v) is 8.84. The molecule has 0 bridgehead atoms. The molecule has 0 heterocycles. The van der Waals surface area contributed by atoms with E-state index in [2.05, 4.69) is 4.99 Å². The van der Waals surface area contributed by atoms with Crippen molar-refractivity contribution in [2.24, 2.45) is 4.99 Å². The quantitative estimate of drug-likeness (QED) is 0.608. The molecule has 1 atom stereocenters. The molecule has 2 fully saturated rings. The summed E-state index contributed by atoms with van der Waals surface area (Å²) in [6, 6.07) is 0.454. The van der Waals surface area contributed by atoms with Gasteiger partial charge in [0.2, 0.25) is 0 Å². The standard InChI is InChI=1S/C12H20FN/c13-11-8-4-5-9-12(11)14-10-6-2-1-3-7-10/h10-11H,1-9H2. The topological polar surface area (TPSA) is 12.4 Å². The average molecular weight is 197 g/mol. The molecule has 0 N–H and O–H groups in total. The van der Waals surface area contributed by atoms with Gasteiger partial charge in [-0.25, -0.2) is 4.39 Å². The maximum Gasteiger partial charge on any atom is 0.138 e. The highest BCUT2D eigenvalue weighted by Gasteiger charge is 2.21. The molecule has 80 valence electrons. The lowest BCUT2D eigenvalue weighted by Gasteiger charge is -2.23. The lowest BCUT2D eigenvalue weighted by atomic mass is 9.93. The van der Waals surface area contributed by atoms with Crippen molar-refractivity contribution < 1.29 is 4.39 Å². The van der Waals surface area contributed by atoms with Gasteiger partial charge in [-0.2, -0.15) is 0 Å². The third-order valence-electron chi connectivity index (χ3n) is 3.43. The second kappa shape index (κ2) is 4.90. The molecule has 0 aromatic rings. The highest BCUT2D eigenvalue weighted by molar-refractivity contribution is 5.89. The highest BCUT2D eigenvalue weighted by Crippen LogP contribution is 2.24. The number of hydrogen-bond donors (Lipinski definition) is 0. The van der Waals surface area contributed by atoms with E-state index in [0.717, 1.165) is 25.0 Å². The molecule has 2 saturated carbocycles. The molecule has 2 aliphatic rings. The Balaban J connectivity index is 1.93. The molecule has 0 aromatic heterocycles. The Morgan fingerprint density at radius 1 is 0.929 bits per heavy atom. The summed E-state index contributed by atoms with van der Waals surface area (Å²) in [7, 11) is 0. The van der Waals surface area contributed by atoms with E-state index in [-0.39, 0.29) is 0 Å². The van der Waals surface area contributed by atoms with Gasteiger partial charge in [-0.1, -0.05) is 19.3 Å². The molecule has 0 radical (unpaired) electrons. The van der Waals surface area contributed by atoms with Crippen LogP contribution in [-0.2, 0) is 0 Å².